The Bertz CT molecular complexity index is 1010. The number of hydrogen-bond donors (Lipinski definition) is 2. The molecule has 0 aliphatic heterocycles. The molecule has 2 aliphatic rings. The van der Waals surface area contributed by atoms with E-state index in [2.05, 4.69) is 20.3 Å². The van der Waals surface area contributed by atoms with E-state index in [4.69, 9.17) is 4.74 Å². The maximum absolute atomic E-state index is 13.0. The van der Waals surface area contributed by atoms with E-state index >= 15 is 0 Å². The van der Waals surface area contributed by atoms with Gasteiger partial charge in [0.05, 0.1) is 5.92 Å². The molecule has 136 valence electrons. The van der Waals surface area contributed by atoms with E-state index in [0.29, 0.717) is 23.8 Å². The minimum absolute atomic E-state index is 0. The van der Waals surface area contributed by atoms with Crippen LogP contribution in [0.5, 0.6) is 5.88 Å². The first-order chi connectivity index (χ1) is 12.7. The van der Waals surface area contributed by atoms with E-state index in [9.17, 15) is 9.18 Å². The highest BCUT2D eigenvalue weighted by molar-refractivity contribution is 5.98. The van der Waals surface area contributed by atoms with Crippen molar-refractivity contribution >= 4 is 22.8 Å². The van der Waals surface area contributed by atoms with Gasteiger partial charge in [-0.25, -0.2) is 14.4 Å². The quantitative estimate of drug-likeness (QED) is 0.725. The molecule has 2 fully saturated rings. The highest BCUT2D eigenvalue weighted by Gasteiger charge is 2.43. The number of nitrogens with one attached hydrogen (secondary N) is 2. The van der Waals surface area contributed by atoms with E-state index in [-0.39, 0.29) is 14.9 Å². The average molecular weight is 356 g/mol. The highest BCUT2D eigenvalue weighted by atomic mass is 19.1. The van der Waals surface area contributed by atoms with Crippen molar-refractivity contribution in [1.82, 2.24) is 15.0 Å². The van der Waals surface area contributed by atoms with Gasteiger partial charge in [0.1, 0.15) is 23.7 Å². The number of pyridine rings is 2. The van der Waals surface area contributed by atoms with Crippen LogP contribution in [-0.4, -0.2) is 33.1 Å². The smallest absolute Gasteiger partial charge is 0.231 e. The van der Waals surface area contributed by atoms with Crippen molar-refractivity contribution in [3.63, 3.8) is 0 Å². The topological polar surface area (TPSA) is 79.9 Å². The van der Waals surface area contributed by atoms with Gasteiger partial charge in [0.15, 0.2) is 0 Å². The van der Waals surface area contributed by atoms with Crippen LogP contribution in [0.1, 0.15) is 22.1 Å². The summed E-state index contributed by atoms with van der Waals surface area (Å²) in [5.74, 6) is 0.180. The largest absolute Gasteiger partial charge is 0.474 e. The van der Waals surface area contributed by atoms with Crippen LogP contribution >= 0.6 is 0 Å². The van der Waals surface area contributed by atoms with Gasteiger partial charge in [0.25, 0.3) is 0 Å². The Labute approximate surface area is 151 Å². The lowest BCUT2D eigenvalue weighted by atomic mass is 10.1. The second kappa shape index (κ2) is 5.79. The van der Waals surface area contributed by atoms with E-state index in [0.717, 1.165) is 29.4 Å². The van der Waals surface area contributed by atoms with Gasteiger partial charge in [-0.05, 0) is 43.5 Å². The molecule has 1 amide bonds. The molecular formula is C19H21FN4O2. The number of alkyl halides is 1. The molecule has 3 aromatic heterocycles. The molecule has 0 spiro atoms. The normalized spacial score (nSPS) is 21.6. The Morgan fingerprint density at radius 2 is 2.15 bits per heavy atom. The number of nitrogens with zero attached hydrogens (tertiary/aromatic N) is 2. The summed E-state index contributed by atoms with van der Waals surface area (Å²) in [6.07, 6.45) is 5.24. The first-order valence-electron chi connectivity index (χ1n) is 8.74. The highest BCUT2D eigenvalue weighted by Crippen LogP contribution is 2.37. The summed E-state index contributed by atoms with van der Waals surface area (Å²) in [4.78, 5) is 23.8. The van der Waals surface area contributed by atoms with Gasteiger partial charge in [-0.2, -0.15) is 0 Å². The van der Waals surface area contributed by atoms with Gasteiger partial charge in [-0.15, -0.1) is 0 Å². The summed E-state index contributed by atoms with van der Waals surface area (Å²) in [5.41, 5.74) is 2.49. The predicted octanol–water partition coefficient (Wildman–Crippen LogP) is 3.95. The number of hydrogen-bond acceptors (Lipinski definition) is 4. The number of halogens is 1. The third kappa shape index (κ3) is 2.79. The second-order valence-electron chi connectivity index (χ2n) is 6.82. The summed E-state index contributed by atoms with van der Waals surface area (Å²) in [5, 5.41) is 3.58. The van der Waals surface area contributed by atoms with Gasteiger partial charge in [0, 0.05) is 31.8 Å². The molecule has 0 bridgehead atoms. The SMILES string of the molecule is O=C(Nc1ccc2c(-c3cccnc3OC3CC3)c[nH]c2n1)C1CC1F.[HH].[HH]. The molecule has 3 heterocycles. The fourth-order valence-corrected chi connectivity index (χ4v) is 2.98. The van der Waals surface area contributed by atoms with Crippen LogP contribution < -0.4 is 10.1 Å². The molecule has 5 rings (SSSR count). The second-order valence-corrected chi connectivity index (χ2v) is 6.82. The minimum Gasteiger partial charge on any atom is -0.474 e. The molecule has 0 saturated heterocycles. The van der Waals surface area contributed by atoms with Crippen molar-refractivity contribution < 1.29 is 16.8 Å². The van der Waals surface area contributed by atoms with Crippen molar-refractivity contribution in [2.24, 2.45) is 5.92 Å². The van der Waals surface area contributed by atoms with Crippen LogP contribution in [-0.2, 0) is 4.79 Å². The molecule has 2 atom stereocenters. The number of anilines is 1. The zero-order valence-electron chi connectivity index (χ0n) is 13.9. The molecular weight excluding hydrogens is 335 g/mol. The van der Waals surface area contributed by atoms with Gasteiger partial charge < -0.3 is 15.0 Å². The van der Waals surface area contributed by atoms with Crippen LogP contribution in [0, 0.1) is 5.92 Å². The van der Waals surface area contributed by atoms with Gasteiger partial charge in [-0.1, -0.05) is 0 Å². The Kier molecular flexibility index (Phi) is 3.41. The van der Waals surface area contributed by atoms with Crippen molar-refractivity contribution in [3.05, 3.63) is 36.7 Å². The summed E-state index contributed by atoms with van der Waals surface area (Å²) < 4.78 is 18.9. The van der Waals surface area contributed by atoms with Gasteiger partial charge in [-0.3, -0.25) is 4.79 Å². The van der Waals surface area contributed by atoms with Crippen LogP contribution in [0.25, 0.3) is 22.2 Å². The number of aromatic amines is 1. The minimum atomic E-state index is -1.02. The Morgan fingerprint density at radius 1 is 1.31 bits per heavy atom. The van der Waals surface area contributed by atoms with Crippen molar-refractivity contribution in [3.8, 4) is 17.0 Å². The number of carbonyl (C=O) groups excluding carboxylic acids is 1. The third-order valence-corrected chi connectivity index (χ3v) is 4.70. The maximum Gasteiger partial charge on any atom is 0.231 e. The standard InChI is InChI=1S/C19H17FN4O2.2H2/c20-15-8-13(15)18(25)24-16-6-5-11-14(9-22-17(11)23-16)12-2-1-7-21-19(12)26-10-3-4-10;;/h1-2,5-7,9-10,13,15H,3-4,8H2,(H2,22,23,24,25);2*1H. The molecule has 3 aromatic rings. The fourth-order valence-electron chi connectivity index (χ4n) is 2.98. The predicted molar refractivity (Wildman–Crippen MR) is 98.8 cm³/mol. The van der Waals surface area contributed by atoms with Crippen molar-refractivity contribution in [2.45, 2.75) is 31.5 Å². The molecule has 0 aromatic carbocycles. The maximum atomic E-state index is 13.0. The lowest BCUT2D eigenvalue weighted by molar-refractivity contribution is -0.117. The van der Waals surface area contributed by atoms with E-state index in [1.54, 1.807) is 12.3 Å². The summed E-state index contributed by atoms with van der Waals surface area (Å²) in [7, 11) is 0. The number of fused-ring (bicyclic) bond motifs is 1. The zero-order chi connectivity index (χ0) is 17.7. The molecule has 6 nitrogen and oxygen atoms in total. The molecule has 7 heteroatoms. The number of aromatic nitrogens is 3. The van der Waals surface area contributed by atoms with Crippen molar-refractivity contribution in [2.75, 3.05) is 5.32 Å². The zero-order valence-corrected chi connectivity index (χ0v) is 13.9. The average Bonchev–Trinajstić information content (AvgIpc) is 3.55. The Balaban J connectivity index is 0.00000112. The van der Waals surface area contributed by atoms with Crippen LogP contribution in [0.15, 0.2) is 36.7 Å². The number of carbonyl (C=O) groups is 1. The number of H-pyrrole nitrogens is 1. The van der Waals surface area contributed by atoms with Gasteiger partial charge in [0.2, 0.25) is 11.8 Å². The van der Waals surface area contributed by atoms with Crippen LogP contribution in [0.2, 0.25) is 0 Å². The van der Waals surface area contributed by atoms with Crippen LogP contribution in [0.3, 0.4) is 0 Å². The monoisotopic (exact) mass is 356 g/mol. The number of rotatable bonds is 5. The lowest BCUT2D eigenvalue weighted by Gasteiger charge is -2.09. The van der Waals surface area contributed by atoms with E-state index < -0.39 is 12.1 Å². The summed E-state index contributed by atoms with van der Waals surface area (Å²) in [6.45, 7) is 0. The van der Waals surface area contributed by atoms with E-state index in [1.807, 2.05) is 24.4 Å². The molecule has 2 aliphatic carbocycles. The summed E-state index contributed by atoms with van der Waals surface area (Å²) in [6, 6.07) is 7.46. The van der Waals surface area contributed by atoms with Gasteiger partial charge >= 0.3 is 0 Å². The summed E-state index contributed by atoms with van der Waals surface area (Å²) >= 11 is 0. The Morgan fingerprint density at radius 3 is 2.92 bits per heavy atom. The molecule has 2 N–H and O–H groups in total. The van der Waals surface area contributed by atoms with E-state index in [1.165, 1.54) is 0 Å². The fraction of sp³-hybridized carbons (Fsp3) is 0.316. The lowest BCUT2D eigenvalue weighted by Crippen LogP contribution is -2.15. The van der Waals surface area contributed by atoms with Crippen molar-refractivity contribution in [1.29, 1.82) is 0 Å². The molecule has 2 unspecified atom stereocenters. The van der Waals surface area contributed by atoms with Crippen LogP contribution in [0.4, 0.5) is 10.2 Å². The number of ether oxygens (including phenoxy) is 1. The number of amides is 1. The third-order valence-electron chi connectivity index (χ3n) is 4.70. The first kappa shape index (κ1) is 15.3. The Hall–Kier alpha value is -2.96. The first-order valence-corrected chi connectivity index (χ1v) is 8.74. The molecule has 2 saturated carbocycles. The molecule has 0 radical (unpaired) electrons. The molecule has 26 heavy (non-hydrogen) atoms.